The van der Waals surface area contributed by atoms with Gasteiger partial charge in [-0.2, -0.15) is 5.10 Å². The van der Waals surface area contributed by atoms with E-state index in [0.717, 1.165) is 5.56 Å². The van der Waals surface area contributed by atoms with Gasteiger partial charge in [-0.15, -0.1) is 0 Å². The Kier molecular flexibility index (Phi) is 3.47. The molecule has 104 valence electrons. The van der Waals surface area contributed by atoms with Crippen LogP contribution in [-0.4, -0.2) is 17.5 Å². The molecule has 2 N–H and O–H groups in total. The number of fused-ring (bicyclic) bond motifs is 1. The van der Waals surface area contributed by atoms with Crippen molar-refractivity contribution in [2.75, 3.05) is 5.32 Å². The Morgan fingerprint density at radius 3 is 2.38 bits per heavy atom. The minimum atomic E-state index is -0.439. The molecule has 2 aromatic carbocycles. The number of anilines is 1. The van der Waals surface area contributed by atoms with E-state index in [1.165, 1.54) is 0 Å². The monoisotopic (exact) mass is 279 g/mol. The first-order valence-corrected chi connectivity index (χ1v) is 6.55. The average Bonchev–Trinajstić information content (AvgIpc) is 2.83. The Balaban J connectivity index is 1.70. The van der Waals surface area contributed by atoms with Gasteiger partial charge >= 0.3 is 6.03 Å². The van der Waals surface area contributed by atoms with Crippen LogP contribution >= 0.6 is 0 Å². The average molecular weight is 279 g/mol. The maximum Gasteiger partial charge on any atom is 0.339 e. The number of carbonyl (C=O) groups excluding carboxylic acids is 2. The minimum absolute atomic E-state index is 0.0228. The lowest BCUT2D eigenvalue weighted by molar-refractivity contribution is 0.101. The molecule has 0 atom stereocenters. The Labute approximate surface area is 121 Å². The quantitative estimate of drug-likeness (QED) is 0.830. The fourth-order valence-corrected chi connectivity index (χ4v) is 2.22. The third kappa shape index (κ3) is 2.81. The van der Waals surface area contributed by atoms with Gasteiger partial charge in [0, 0.05) is 16.8 Å². The molecule has 0 heterocycles. The summed E-state index contributed by atoms with van der Waals surface area (Å²) in [6.07, 6.45) is 0.213. The van der Waals surface area contributed by atoms with Crippen molar-refractivity contribution in [1.82, 2.24) is 5.43 Å². The van der Waals surface area contributed by atoms with Crippen LogP contribution < -0.4 is 10.7 Å². The number of rotatable bonds is 2. The molecule has 3 rings (SSSR count). The number of carbonyl (C=O) groups is 2. The molecule has 2 aromatic rings. The third-order valence-electron chi connectivity index (χ3n) is 3.19. The highest BCUT2D eigenvalue weighted by Crippen LogP contribution is 2.21. The van der Waals surface area contributed by atoms with E-state index in [1.54, 1.807) is 18.2 Å². The molecular weight excluding hydrogens is 266 g/mol. The first-order valence-electron chi connectivity index (χ1n) is 6.55. The van der Waals surface area contributed by atoms with E-state index in [0.29, 0.717) is 17.0 Å². The Bertz CT molecular complexity index is 723. The predicted octanol–water partition coefficient (Wildman–Crippen LogP) is 2.80. The molecule has 0 bridgehead atoms. The largest absolute Gasteiger partial charge is 0.339 e. The molecule has 0 aliphatic heterocycles. The van der Waals surface area contributed by atoms with Gasteiger partial charge in [0.05, 0.1) is 12.1 Å². The lowest BCUT2D eigenvalue weighted by Crippen LogP contribution is -2.25. The van der Waals surface area contributed by atoms with Crippen LogP contribution in [0, 0.1) is 0 Å². The van der Waals surface area contributed by atoms with Crippen LogP contribution in [0.25, 0.3) is 0 Å². The zero-order valence-electron chi connectivity index (χ0n) is 11.2. The molecular formula is C16H13N3O2. The van der Waals surface area contributed by atoms with Crippen LogP contribution in [0.1, 0.15) is 22.3 Å². The second-order valence-corrected chi connectivity index (χ2v) is 4.64. The van der Waals surface area contributed by atoms with Crippen LogP contribution in [0.2, 0.25) is 0 Å². The van der Waals surface area contributed by atoms with Gasteiger partial charge in [0.25, 0.3) is 0 Å². The number of hydrazone groups is 1. The number of hydrogen-bond acceptors (Lipinski definition) is 3. The fourth-order valence-electron chi connectivity index (χ4n) is 2.22. The maximum atomic E-state index is 11.8. The van der Waals surface area contributed by atoms with E-state index in [9.17, 15) is 9.59 Å². The highest BCUT2D eigenvalue weighted by Gasteiger charge is 2.25. The van der Waals surface area contributed by atoms with Crippen LogP contribution in [0.3, 0.4) is 0 Å². The van der Waals surface area contributed by atoms with E-state index >= 15 is 0 Å². The van der Waals surface area contributed by atoms with Crippen molar-refractivity contribution < 1.29 is 9.59 Å². The summed E-state index contributed by atoms with van der Waals surface area (Å²) in [6, 6.07) is 15.9. The fraction of sp³-hybridized carbons (Fsp3) is 0.0625. The summed E-state index contributed by atoms with van der Waals surface area (Å²) in [6.45, 7) is 0. The van der Waals surface area contributed by atoms with Gasteiger partial charge in [0.15, 0.2) is 5.78 Å². The summed E-state index contributed by atoms with van der Waals surface area (Å²) >= 11 is 0. The second kappa shape index (κ2) is 5.58. The SMILES string of the molecule is O=C(N/N=C1\CC(=O)c2ccccc21)Nc1ccccc1. The van der Waals surface area contributed by atoms with E-state index < -0.39 is 6.03 Å². The number of benzene rings is 2. The summed E-state index contributed by atoms with van der Waals surface area (Å²) < 4.78 is 0. The Hall–Kier alpha value is -2.95. The summed E-state index contributed by atoms with van der Waals surface area (Å²) in [4.78, 5) is 23.6. The first-order chi connectivity index (χ1) is 10.2. The molecule has 0 unspecified atom stereocenters. The van der Waals surface area contributed by atoms with Crippen molar-refractivity contribution in [3.63, 3.8) is 0 Å². The highest BCUT2D eigenvalue weighted by atomic mass is 16.2. The van der Waals surface area contributed by atoms with Crippen molar-refractivity contribution in [2.24, 2.45) is 5.10 Å². The van der Waals surface area contributed by atoms with Crippen LogP contribution in [0.4, 0.5) is 10.5 Å². The number of Topliss-reactive ketones (excluding diaryl/α,β-unsaturated/α-hetero) is 1. The summed E-state index contributed by atoms with van der Waals surface area (Å²) in [5, 5.41) is 6.70. The number of urea groups is 1. The number of nitrogens with one attached hydrogen (secondary N) is 2. The highest BCUT2D eigenvalue weighted by molar-refractivity contribution is 6.26. The Morgan fingerprint density at radius 2 is 1.62 bits per heavy atom. The van der Waals surface area contributed by atoms with Gasteiger partial charge < -0.3 is 5.32 Å². The molecule has 0 radical (unpaired) electrons. The van der Waals surface area contributed by atoms with Crippen molar-refractivity contribution in [3.8, 4) is 0 Å². The third-order valence-corrected chi connectivity index (χ3v) is 3.19. The molecule has 1 aliphatic rings. The zero-order valence-corrected chi connectivity index (χ0v) is 11.2. The number of nitrogens with zero attached hydrogens (tertiary/aromatic N) is 1. The number of amides is 2. The molecule has 21 heavy (non-hydrogen) atoms. The predicted molar refractivity (Wildman–Crippen MR) is 80.5 cm³/mol. The van der Waals surface area contributed by atoms with Crippen LogP contribution in [0.5, 0.6) is 0 Å². The van der Waals surface area contributed by atoms with Crippen LogP contribution in [0.15, 0.2) is 59.7 Å². The summed E-state index contributed by atoms with van der Waals surface area (Å²) in [7, 11) is 0. The summed E-state index contributed by atoms with van der Waals surface area (Å²) in [5.74, 6) is 0.0228. The minimum Gasteiger partial charge on any atom is -0.307 e. The molecule has 0 aromatic heterocycles. The molecule has 5 heteroatoms. The zero-order chi connectivity index (χ0) is 14.7. The van der Waals surface area contributed by atoms with Crippen molar-refractivity contribution in [2.45, 2.75) is 6.42 Å². The second-order valence-electron chi connectivity index (χ2n) is 4.64. The topological polar surface area (TPSA) is 70.6 Å². The maximum absolute atomic E-state index is 11.8. The number of hydrogen-bond donors (Lipinski definition) is 2. The van der Waals surface area contributed by atoms with Crippen molar-refractivity contribution >= 4 is 23.2 Å². The van der Waals surface area contributed by atoms with Gasteiger partial charge in [0.2, 0.25) is 0 Å². The lowest BCUT2D eigenvalue weighted by Gasteiger charge is -2.04. The van der Waals surface area contributed by atoms with Gasteiger partial charge in [-0.25, -0.2) is 10.2 Å². The standard InChI is InChI=1S/C16H13N3O2/c20-15-10-14(12-8-4-5-9-13(12)15)18-19-16(21)17-11-6-2-1-3-7-11/h1-9H,10H2,(H2,17,19,21)/b18-14+. The van der Waals surface area contributed by atoms with Gasteiger partial charge in [-0.05, 0) is 12.1 Å². The first kappa shape index (κ1) is 13.1. The molecule has 5 nitrogen and oxygen atoms in total. The normalized spacial score (nSPS) is 14.9. The smallest absolute Gasteiger partial charge is 0.307 e. The van der Waals surface area contributed by atoms with Gasteiger partial charge in [-0.1, -0.05) is 42.5 Å². The molecule has 0 spiro atoms. The van der Waals surface area contributed by atoms with Crippen LogP contribution in [-0.2, 0) is 0 Å². The summed E-state index contributed by atoms with van der Waals surface area (Å²) in [5.41, 5.74) is 5.12. The van der Waals surface area contributed by atoms with Crippen molar-refractivity contribution in [1.29, 1.82) is 0 Å². The van der Waals surface area contributed by atoms with E-state index in [1.807, 2.05) is 36.4 Å². The van der Waals surface area contributed by atoms with Gasteiger partial charge in [0.1, 0.15) is 0 Å². The van der Waals surface area contributed by atoms with E-state index in [-0.39, 0.29) is 12.2 Å². The molecule has 0 saturated carbocycles. The van der Waals surface area contributed by atoms with Crippen molar-refractivity contribution in [3.05, 3.63) is 65.7 Å². The molecule has 1 aliphatic carbocycles. The number of ketones is 1. The lowest BCUT2D eigenvalue weighted by atomic mass is 10.1. The molecule has 2 amide bonds. The Morgan fingerprint density at radius 1 is 0.952 bits per heavy atom. The van der Waals surface area contributed by atoms with E-state index in [2.05, 4.69) is 15.8 Å². The molecule has 0 saturated heterocycles. The molecule has 0 fully saturated rings. The van der Waals surface area contributed by atoms with E-state index in [4.69, 9.17) is 0 Å². The van der Waals surface area contributed by atoms with Gasteiger partial charge in [-0.3, -0.25) is 4.79 Å². The number of para-hydroxylation sites is 1.